The molecule has 0 atom stereocenters. The summed E-state index contributed by atoms with van der Waals surface area (Å²) in [6.45, 7) is 2.40. The van der Waals surface area contributed by atoms with Crippen molar-refractivity contribution in [1.82, 2.24) is 9.55 Å². The van der Waals surface area contributed by atoms with E-state index in [0.717, 1.165) is 11.3 Å². The molecule has 0 saturated heterocycles. The summed E-state index contributed by atoms with van der Waals surface area (Å²) in [6.07, 6.45) is 1.17. The molecule has 2 aromatic carbocycles. The molecule has 0 radical (unpaired) electrons. The van der Waals surface area contributed by atoms with Crippen molar-refractivity contribution in [2.75, 3.05) is 11.5 Å². The van der Waals surface area contributed by atoms with Gasteiger partial charge in [-0.05, 0) is 24.6 Å². The molecule has 1 aliphatic rings. The molecule has 0 fully saturated rings. The number of hydrogen-bond donors (Lipinski definition) is 0. The van der Waals surface area contributed by atoms with Crippen LogP contribution in [0, 0.1) is 0 Å². The molecular weight excluding hydrogens is 358 g/mol. The maximum atomic E-state index is 12.8. The van der Waals surface area contributed by atoms with E-state index in [1.807, 2.05) is 59.2 Å². The Bertz CT molecular complexity index is 1010. The lowest BCUT2D eigenvalue weighted by molar-refractivity contribution is 0.0520. The van der Waals surface area contributed by atoms with Crippen LogP contribution in [0.3, 0.4) is 0 Å². The summed E-state index contributed by atoms with van der Waals surface area (Å²) in [6, 6.07) is 16.9. The van der Waals surface area contributed by atoms with E-state index in [2.05, 4.69) is 4.98 Å². The molecule has 0 spiro atoms. The van der Waals surface area contributed by atoms with Gasteiger partial charge in [-0.15, -0.1) is 0 Å². The van der Waals surface area contributed by atoms with Gasteiger partial charge in [0.25, 0.3) is 0 Å². The zero-order chi connectivity index (χ0) is 19.5. The van der Waals surface area contributed by atoms with Gasteiger partial charge in [-0.25, -0.2) is 14.6 Å². The summed E-state index contributed by atoms with van der Waals surface area (Å²) >= 11 is 0. The van der Waals surface area contributed by atoms with Crippen molar-refractivity contribution in [3.05, 3.63) is 77.9 Å². The molecule has 142 valence electrons. The number of esters is 1. The fourth-order valence-corrected chi connectivity index (χ4v) is 3.12. The zero-order valence-electron chi connectivity index (χ0n) is 15.4. The van der Waals surface area contributed by atoms with Crippen LogP contribution in [0.4, 0.5) is 10.5 Å². The van der Waals surface area contributed by atoms with Gasteiger partial charge in [0.05, 0.1) is 24.5 Å². The monoisotopic (exact) mass is 377 g/mol. The van der Waals surface area contributed by atoms with Gasteiger partial charge in [-0.3, -0.25) is 9.47 Å². The van der Waals surface area contributed by atoms with Gasteiger partial charge < -0.3 is 9.47 Å². The largest absolute Gasteiger partial charge is 0.461 e. The highest BCUT2D eigenvalue weighted by atomic mass is 16.6. The maximum absolute atomic E-state index is 12.8. The minimum absolute atomic E-state index is 0.181. The van der Waals surface area contributed by atoms with Crippen molar-refractivity contribution in [2.24, 2.45) is 0 Å². The summed E-state index contributed by atoms with van der Waals surface area (Å²) in [4.78, 5) is 30.7. The first-order valence-electron chi connectivity index (χ1n) is 9.00. The van der Waals surface area contributed by atoms with Crippen LogP contribution in [-0.2, 0) is 22.6 Å². The number of benzene rings is 2. The number of amides is 1. The number of aromatic nitrogens is 2. The van der Waals surface area contributed by atoms with Crippen LogP contribution in [-0.4, -0.2) is 28.2 Å². The molecule has 0 bridgehead atoms. The van der Waals surface area contributed by atoms with Crippen molar-refractivity contribution < 1.29 is 19.1 Å². The van der Waals surface area contributed by atoms with E-state index in [0.29, 0.717) is 11.5 Å². The van der Waals surface area contributed by atoms with Crippen molar-refractivity contribution >= 4 is 17.7 Å². The molecule has 7 heteroatoms. The molecule has 0 N–H and O–H groups in total. The average Bonchev–Trinajstić information content (AvgIpc) is 3.17. The zero-order valence-corrected chi connectivity index (χ0v) is 15.4. The van der Waals surface area contributed by atoms with Crippen LogP contribution in [0.1, 0.15) is 28.8 Å². The highest BCUT2D eigenvalue weighted by Gasteiger charge is 2.30. The van der Waals surface area contributed by atoms with Crippen LogP contribution in [0.5, 0.6) is 0 Å². The van der Waals surface area contributed by atoms with Crippen LogP contribution < -0.4 is 4.90 Å². The third-order valence-electron chi connectivity index (χ3n) is 4.42. The number of carbonyl (C=O) groups is 2. The Morgan fingerprint density at radius 1 is 1.00 bits per heavy atom. The number of nitrogens with zero attached hydrogens (tertiary/aromatic N) is 3. The molecule has 1 amide bonds. The third kappa shape index (κ3) is 3.34. The number of imidazole rings is 1. The predicted octanol–water partition coefficient (Wildman–Crippen LogP) is 3.71. The normalized spacial score (nSPS) is 12.1. The van der Waals surface area contributed by atoms with E-state index >= 15 is 0 Å². The fraction of sp³-hybridized carbons (Fsp3) is 0.190. The Morgan fingerprint density at radius 3 is 2.46 bits per heavy atom. The molecular formula is C21H19N3O4. The molecule has 0 aliphatic carbocycles. The molecule has 4 rings (SSSR count). The minimum Gasteiger partial charge on any atom is -0.461 e. The summed E-state index contributed by atoms with van der Waals surface area (Å²) in [7, 11) is 0. The topological polar surface area (TPSA) is 73.7 Å². The molecule has 7 nitrogen and oxygen atoms in total. The van der Waals surface area contributed by atoms with Gasteiger partial charge >= 0.3 is 12.1 Å². The van der Waals surface area contributed by atoms with Crippen molar-refractivity contribution in [2.45, 2.75) is 20.1 Å². The Kier molecular flexibility index (Phi) is 4.80. The van der Waals surface area contributed by atoms with Crippen molar-refractivity contribution in [3.8, 4) is 5.69 Å². The number of carbonyl (C=O) groups excluding carboxylic acids is 2. The first-order chi connectivity index (χ1) is 13.7. The predicted molar refractivity (Wildman–Crippen MR) is 102 cm³/mol. The van der Waals surface area contributed by atoms with E-state index in [1.165, 1.54) is 4.90 Å². The highest BCUT2D eigenvalue weighted by Crippen LogP contribution is 2.32. The second-order valence-corrected chi connectivity index (χ2v) is 6.25. The summed E-state index contributed by atoms with van der Waals surface area (Å²) in [5, 5.41) is 0. The van der Waals surface area contributed by atoms with Crippen LogP contribution >= 0.6 is 0 Å². The van der Waals surface area contributed by atoms with Crippen LogP contribution in [0.25, 0.3) is 5.69 Å². The van der Waals surface area contributed by atoms with E-state index in [-0.39, 0.29) is 25.5 Å². The molecule has 1 aromatic heterocycles. The van der Waals surface area contributed by atoms with Crippen molar-refractivity contribution in [3.63, 3.8) is 0 Å². The van der Waals surface area contributed by atoms with Gasteiger partial charge in [-0.2, -0.15) is 0 Å². The standard InChI is InChI=1S/C21H19N3O4/c1-2-27-20(25)16-12-23-17-10-6-7-11-18(17)24(13-19(23)22-16)21(26)28-14-15-8-4-3-5-9-15/h3-12H,2,13-14H2,1H3. The van der Waals surface area contributed by atoms with Gasteiger partial charge in [0.15, 0.2) is 5.69 Å². The SMILES string of the molecule is CCOC(=O)c1cn2c(n1)CN(C(=O)OCc1ccccc1)c1ccccc1-2. The first-order valence-corrected chi connectivity index (χ1v) is 9.00. The van der Waals surface area contributed by atoms with Gasteiger partial charge in [0.2, 0.25) is 0 Å². The van der Waals surface area contributed by atoms with E-state index < -0.39 is 12.1 Å². The van der Waals surface area contributed by atoms with E-state index in [9.17, 15) is 9.59 Å². The Hall–Kier alpha value is -3.61. The molecule has 3 aromatic rings. The third-order valence-corrected chi connectivity index (χ3v) is 4.42. The highest BCUT2D eigenvalue weighted by molar-refractivity contribution is 5.92. The van der Waals surface area contributed by atoms with Gasteiger partial charge in [0.1, 0.15) is 12.4 Å². The number of rotatable bonds is 4. The second-order valence-electron chi connectivity index (χ2n) is 6.25. The number of fused-ring (bicyclic) bond motifs is 3. The first kappa shape index (κ1) is 17.8. The molecule has 1 aliphatic heterocycles. The number of hydrogen-bond acceptors (Lipinski definition) is 5. The van der Waals surface area contributed by atoms with Crippen LogP contribution in [0.15, 0.2) is 60.8 Å². The number of ether oxygens (including phenoxy) is 2. The summed E-state index contributed by atoms with van der Waals surface area (Å²) in [5.41, 5.74) is 2.57. The summed E-state index contributed by atoms with van der Waals surface area (Å²) in [5.74, 6) is 0.0819. The lowest BCUT2D eigenvalue weighted by Crippen LogP contribution is -2.35. The number of anilines is 1. The molecule has 0 saturated carbocycles. The van der Waals surface area contributed by atoms with E-state index in [1.54, 1.807) is 13.1 Å². The molecule has 2 heterocycles. The molecule has 0 unspecified atom stereocenters. The maximum Gasteiger partial charge on any atom is 0.415 e. The van der Waals surface area contributed by atoms with Gasteiger partial charge in [-0.1, -0.05) is 42.5 Å². The molecule has 28 heavy (non-hydrogen) atoms. The number of para-hydroxylation sites is 2. The minimum atomic E-state index is -0.486. The average molecular weight is 377 g/mol. The van der Waals surface area contributed by atoms with Gasteiger partial charge in [0, 0.05) is 6.20 Å². The van der Waals surface area contributed by atoms with Crippen LogP contribution in [0.2, 0.25) is 0 Å². The Labute approximate surface area is 162 Å². The quantitative estimate of drug-likeness (QED) is 0.648. The lowest BCUT2D eigenvalue weighted by atomic mass is 10.2. The van der Waals surface area contributed by atoms with E-state index in [4.69, 9.17) is 9.47 Å². The van der Waals surface area contributed by atoms with Crippen molar-refractivity contribution in [1.29, 1.82) is 0 Å². The summed E-state index contributed by atoms with van der Waals surface area (Å²) < 4.78 is 12.3. The smallest absolute Gasteiger partial charge is 0.415 e. The second kappa shape index (κ2) is 7.56. The Morgan fingerprint density at radius 2 is 1.71 bits per heavy atom. The lowest BCUT2D eigenvalue weighted by Gasteiger charge is -2.29. The fourth-order valence-electron chi connectivity index (χ4n) is 3.12. The Balaban J connectivity index is 1.60.